The van der Waals surface area contributed by atoms with Crippen LogP contribution in [0.3, 0.4) is 0 Å². The van der Waals surface area contributed by atoms with Crippen LogP contribution in [0.1, 0.15) is 13.3 Å². The van der Waals surface area contributed by atoms with E-state index in [-0.39, 0.29) is 5.91 Å². The SMILES string of the molecule is CCC1=CC2C(=O)N(C)C1C(C(=O)[O-])C2C(=O)[O-]. The molecular weight excluding hydrogens is 238 g/mol. The summed E-state index contributed by atoms with van der Waals surface area (Å²) in [5.74, 6) is -6.85. The molecule has 3 rings (SSSR count). The van der Waals surface area contributed by atoms with Crippen LogP contribution < -0.4 is 10.2 Å². The van der Waals surface area contributed by atoms with E-state index in [9.17, 15) is 24.6 Å². The van der Waals surface area contributed by atoms with Gasteiger partial charge in [0.2, 0.25) is 5.91 Å². The zero-order valence-electron chi connectivity index (χ0n) is 10.1. The van der Waals surface area contributed by atoms with Crippen molar-refractivity contribution in [2.75, 3.05) is 7.05 Å². The second kappa shape index (κ2) is 4.12. The van der Waals surface area contributed by atoms with Crippen molar-refractivity contribution in [2.45, 2.75) is 19.4 Å². The van der Waals surface area contributed by atoms with Crippen LogP contribution in [0.4, 0.5) is 0 Å². The summed E-state index contributed by atoms with van der Waals surface area (Å²) in [6.45, 7) is 1.84. The van der Waals surface area contributed by atoms with Gasteiger partial charge in [0.25, 0.3) is 0 Å². The Hall–Kier alpha value is -1.85. The highest BCUT2D eigenvalue weighted by atomic mass is 16.4. The second-order valence-corrected chi connectivity index (χ2v) is 4.70. The van der Waals surface area contributed by atoms with Gasteiger partial charge in [-0.2, -0.15) is 0 Å². The van der Waals surface area contributed by atoms with E-state index in [1.807, 2.05) is 6.92 Å². The predicted molar refractivity (Wildman–Crippen MR) is 55.4 cm³/mol. The number of piperidine rings is 1. The fourth-order valence-electron chi connectivity index (χ4n) is 3.07. The first kappa shape index (κ1) is 12.6. The van der Waals surface area contributed by atoms with Gasteiger partial charge in [-0.25, -0.2) is 0 Å². The molecule has 0 saturated carbocycles. The zero-order chi connectivity index (χ0) is 13.6. The van der Waals surface area contributed by atoms with Crippen molar-refractivity contribution < 1.29 is 24.6 Å². The van der Waals surface area contributed by atoms with Crippen LogP contribution in [0.25, 0.3) is 0 Å². The standard InChI is InChI=1S/C12H15NO5/c1-3-5-4-6-7(11(15)16)8(12(17)18)9(5)13(2)10(6)14/h4,6-9H,3H2,1-2H3,(H,15,16)(H,17,18)/p-2. The molecule has 0 N–H and O–H groups in total. The number of hydrogen-bond donors (Lipinski definition) is 0. The Morgan fingerprint density at radius 2 is 1.83 bits per heavy atom. The Labute approximate surface area is 104 Å². The van der Waals surface area contributed by atoms with Crippen molar-refractivity contribution >= 4 is 17.8 Å². The maximum absolute atomic E-state index is 11.9. The first-order valence-corrected chi connectivity index (χ1v) is 5.79. The average Bonchev–Trinajstić information content (AvgIpc) is 2.32. The Balaban J connectivity index is 2.55. The molecule has 6 nitrogen and oxygen atoms in total. The maximum atomic E-state index is 11.9. The van der Waals surface area contributed by atoms with E-state index >= 15 is 0 Å². The normalized spacial score (nSPS) is 34.4. The van der Waals surface area contributed by atoms with Crippen LogP contribution in [-0.2, 0) is 14.4 Å². The first-order chi connectivity index (χ1) is 8.40. The summed E-state index contributed by atoms with van der Waals surface area (Å²) in [5.41, 5.74) is 0.772. The smallest absolute Gasteiger partial charge is 0.230 e. The lowest BCUT2D eigenvalue weighted by Gasteiger charge is -2.52. The number of nitrogens with zero attached hydrogens (tertiary/aromatic N) is 1. The number of carbonyl (C=O) groups excluding carboxylic acids is 3. The van der Waals surface area contributed by atoms with Gasteiger partial charge in [-0.1, -0.05) is 18.6 Å². The van der Waals surface area contributed by atoms with Gasteiger partial charge in [0.05, 0.1) is 12.0 Å². The molecule has 18 heavy (non-hydrogen) atoms. The van der Waals surface area contributed by atoms with Gasteiger partial charge in [0.1, 0.15) is 0 Å². The molecule has 0 aromatic rings. The number of likely N-dealkylation sites (N-methyl/N-ethyl adjacent to an activating group) is 1. The van der Waals surface area contributed by atoms with Crippen molar-refractivity contribution in [2.24, 2.45) is 17.8 Å². The molecule has 0 aromatic heterocycles. The van der Waals surface area contributed by atoms with E-state index in [1.54, 1.807) is 6.08 Å². The van der Waals surface area contributed by atoms with Crippen LogP contribution in [0.2, 0.25) is 0 Å². The Morgan fingerprint density at radius 3 is 2.28 bits per heavy atom. The number of aliphatic carboxylic acids is 2. The van der Waals surface area contributed by atoms with E-state index in [1.165, 1.54) is 11.9 Å². The Bertz CT molecular complexity index is 455. The number of carbonyl (C=O) groups is 3. The lowest BCUT2D eigenvalue weighted by Crippen LogP contribution is -2.65. The van der Waals surface area contributed by atoms with Crippen molar-refractivity contribution in [3.05, 3.63) is 11.6 Å². The third kappa shape index (κ3) is 1.52. The third-order valence-electron chi connectivity index (χ3n) is 3.89. The van der Waals surface area contributed by atoms with Gasteiger partial charge in [-0.05, 0) is 6.42 Å². The van der Waals surface area contributed by atoms with Crippen molar-refractivity contribution in [1.29, 1.82) is 0 Å². The number of carboxylic acids is 2. The fraction of sp³-hybridized carbons (Fsp3) is 0.583. The predicted octanol–water partition coefficient (Wildman–Crippen LogP) is -2.47. The molecule has 2 heterocycles. The van der Waals surface area contributed by atoms with E-state index < -0.39 is 35.7 Å². The van der Waals surface area contributed by atoms with Crippen LogP contribution in [0.15, 0.2) is 11.6 Å². The highest BCUT2D eigenvalue weighted by Gasteiger charge is 2.52. The molecule has 4 unspecified atom stereocenters. The van der Waals surface area contributed by atoms with Crippen LogP contribution >= 0.6 is 0 Å². The van der Waals surface area contributed by atoms with E-state index in [4.69, 9.17) is 0 Å². The van der Waals surface area contributed by atoms with Crippen molar-refractivity contribution in [3.8, 4) is 0 Å². The zero-order valence-corrected chi connectivity index (χ0v) is 10.1. The van der Waals surface area contributed by atoms with E-state index in [2.05, 4.69) is 0 Å². The minimum absolute atomic E-state index is 0.371. The summed E-state index contributed by atoms with van der Waals surface area (Å²) < 4.78 is 0. The molecule has 2 aliphatic heterocycles. The molecule has 98 valence electrons. The molecule has 1 fully saturated rings. The number of fused-ring (bicyclic) bond motifs is 2. The summed E-state index contributed by atoms with van der Waals surface area (Å²) in [5, 5.41) is 22.3. The minimum Gasteiger partial charge on any atom is -0.550 e. The van der Waals surface area contributed by atoms with Gasteiger partial charge in [0, 0.05) is 30.8 Å². The van der Waals surface area contributed by atoms with Gasteiger partial charge >= 0.3 is 0 Å². The maximum Gasteiger partial charge on any atom is 0.230 e. The Morgan fingerprint density at radius 1 is 1.28 bits per heavy atom. The summed E-state index contributed by atoms with van der Waals surface area (Å²) in [6.07, 6.45) is 2.15. The van der Waals surface area contributed by atoms with Crippen molar-refractivity contribution in [1.82, 2.24) is 4.90 Å². The Kier molecular flexibility index (Phi) is 2.88. The molecule has 0 spiro atoms. The van der Waals surface area contributed by atoms with E-state index in [0.717, 1.165) is 5.57 Å². The number of rotatable bonds is 3. The monoisotopic (exact) mass is 251 g/mol. The minimum atomic E-state index is -1.51. The number of hydrogen-bond acceptors (Lipinski definition) is 5. The molecule has 0 radical (unpaired) electrons. The van der Waals surface area contributed by atoms with Crippen LogP contribution in [-0.4, -0.2) is 35.8 Å². The molecule has 1 aliphatic carbocycles. The summed E-state index contributed by atoms with van der Waals surface area (Å²) >= 11 is 0. The summed E-state index contributed by atoms with van der Waals surface area (Å²) in [7, 11) is 1.49. The summed E-state index contributed by atoms with van der Waals surface area (Å²) in [4.78, 5) is 35.5. The number of carboxylic acid groups (broad SMARTS) is 2. The molecule has 6 heteroatoms. The first-order valence-electron chi connectivity index (χ1n) is 5.79. The lowest BCUT2D eigenvalue weighted by molar-refractivity contribution is -0.331. The van der Waals surface area contributed by atoms with Gasteiger partial charge in [-0.15, -0.1) is 0 Å². The lowest BCUT2D eigenvalue weighted by atomic mass is 9.65. The topological polar surface area (TPSA) is 101 Å². The molecule has 3 aliphatic rings. The van der Waals surface area contributed by atoms with Gasteiger partial charge in [-0.3, -0.25) is 4.79 Å². The number of amides is 1. The molecule has 0 aromatic carbocycles. The molecule has 1 saturated heterocycles. The second-order valence-electron chi connectivity index (χ2n) is 4.70. The fourth-order valence-corrected chi connectivity index (χ4v) is 3.07. The molecule has 1 amide bonds. The highest BCUT2D eigenvalue weighted by Crippen LogP contribution is 2.43. The largest absolute Gasteiger partial charge is 0.550 e. The average molecular weight is 251 g/mol. The van der Waals surface area contributed by atoms with E-state index in [0.29, 0.717) is 6.42 Å². The quantitative estimate of drug-likeness (QED) is 0.517. The van der Waals surface area contributed by atoms with Crippen LogP contribution in [0, 0.1) is 17.8 Å². The summed E-state index contributed by atoms with van der Waals surface area (Å²) in [6, 6.07) is -0.736. The molecular formula is C12H13NO5-2. The van der Waals surface area contributed by atoms with Gasteiger partial charge in [0.15, 0.2) is 0 Å². The van der Waals surface area contributed by atoms with Gasteiger partial charge < -0.3 is 24.7 Å². The van der Waals surface area contributed by atoms with Crippen molar-refractivity contribution in [3.63, 3.8) is 0 Å². The van der Waals surface area contributed by atoms with Crippen LogP contribution in [0.5, 0.6) is 0 Å². The molecule has 2 bridgehead atoms. The molecule has 4 atom stereocenters. The highest BCUT2D eigenvalue weighted by molar-refractivity contribution is 5.93. The third-order valence-corrected chi connectivity index (χ3v) is 3.89.